The van der Waals surface area contributed by atoms with Crippen LogP contribution in [-0.4, -0.2) is 42.8 Å². The number of halogens is 1. The van der Waals surface area contributed by atoms with E-state index in [1.807, 2.05) is 6.92 Å². The summed E-state index contributed by atoms with van der Waals surface area (Å²) in [6.07, 6.45) is 5.15. The maximum Gasteiger partial charge on any atom is 0.270 e. The molecule has 9 nitrogen and oxygen atoms in total. The van der Waals surface area contributed by atoms with Crippen LogP contribution in [0.4, 0.5) is 10.2 Å². The Hall–Kier alpha value is -3.56. The van der Waals surface area contributed by atoms with E-state index in [0.717, 1.165) is 31.4 Å². The SMILES string of the molecule is Cc1n[nH]c(C)c1-c1ccc(NC(=O)[C@@H](NC(=O)c2ccnn2C)[C@H]2CC[C@H](C)CC2)nc1F. The fourth-order valence-corrected chi connectivity index (χ4v) is 4.67. The van der Waals surface area contributed by atoms with E-state index < -0.39 is 17.9 Å². The van der Waals surface area contributed by atoms with Crippen molar-refractivity contribution in [3.8, 4) is 11.1 Å². The van der Waals surface area contributed by atoms with Crippen LogP contribution in [0.3, 0.4) is 0 Å². The first-order chi connectivity index (χ1) is 16.2. The number of nitrogens with zero attached hydrogens (tertiary/aromatic N) is 4. The molecular weight excluding hydrogens is 437 g/mol. The van der Waals surface area contributed by atoms with Gasteiger partial charge in [0.25, 0.3) is 5.91 Å². The van der Waals surface area contributed by atoms with Gasteiger partial charge < -0.3 is 10.6 Å². The lowest BCUT2D eigenvalue weighted by atomic mass is 9.79. The molecule has 4 rings (SSSR count). The highest BCUT2D eigenvalue weighted by molar-refractivity contribution is 6.00. The average molecular weight is 468 g/mol. The van der Waals surface area contributed by atoms with Crippen molar-refractivity contribution < 1.29 is 14.0 Å². The molecule has 1 atom stereocenters. The molecule has 3 N–H and O–H groups in total. The summed E-state index contributed by atoms with van der Waals surface area (Å²) in [4.78, 5) is 30.1. The van der Waals surface area contributed by atoms with E-state index >= 15 is 0 Å². The van der Waals surface area contributed by atoms with E-state index in [1.165, 1.54) is 10.9 Å². The fourth-order valence-electron chi connectivity index (χ4n) is 4.67. The van der Waals surface area contributed by atoms with Gasteiger partial charge in [-0.25, -0.2) is 4.98 Å². The molecule has 0 aromatic carbocycles. The second-order valence-electron chi connectivity index (χ2n) is 9.14. The number of carbonyl (C=O) groups excluding carboxylic acids is 2. The first-order valence-electron chi connectivity index (χ1n) is 11.5. The zero-order chi connectivity index (χ0) is 24.4. The minimum atomic E-state index is -0.766. The summed E-state index contributed by atoms with van der Waals surface area (Å²) in [5, 5.41) is 16.6. The molecule has 2 amide bonds. The lowest BCUT2D eigenvalue weighted by Crippen LogP contribution is -2.49. The number of H-pyrrole nitrogens is 1. The summed E-state index contributed by atoms with van der Waals surface area (Å²) in [5.74, 6) is -0.828. The van der Waals surface area contributed by atoms with Crippen LogP contribution in [0, 0.1) is 31.6 Å². The van der Waals surface area contributed by atoms with E-state index in [2.05, 4.69) is 37.8 Å². The Morgan fingerprint density at radius 3 is 2.50 bits per heavy atom. The molecule has 3 heterocycles. The van der Waals surface area contributed by atoms with Crippen molar-refractivity contribution in [1.82, 2.24) is 30.3 Å². The standard InChI is InChI=1S/C24H30FN7O2/c1-13-5-7-16(8-6-13)21(29-23(33)18-11-12-26-32(18)4)24(34)28-19-10-9-17(22(25)27-19)20-14(2)30-31-15(20)3/h9-13,16,21H,5-8H2,1-4H3,(H,29,33)(H,30,31)(H,27,28,34)/t13-,16-,21-/m0/s1. The first-order valence-corrected chi connectivity index (χ1v) is 11.5. The van der Waals surface area contributed by atoms with Crippen molar-refractivity contribution >= 4 is 17.6 Å². The number of anilines is 1. The highest BCUT2D eigenvalue weighted by Crippen LogP contribution is 2.32. The molecule has 3 aromatic rings. The highest BCUT2D eigenvalue weighted by atomic mass is 19.1. The summed E-state index contributed by atoms with van der Waals surface area (Å²) in [6, 6.07) is 3.97. The van der Waals surface area contributed by atoms with Crippen molar-refractivity contribution in [3.63, 3.8) is 0 Å². The van der Waals surface area contributed by atoms with Gasteiger partial charge in [-0.3, -0.25) is 19.4 Å². The number of rotatable bonds is 6. The third kappa shape index (κ3) is 4.85. The summed E-state index contributed by atoms with van der Waals surface area (Å²) in [5.41, 5.74) is 2.73. The van der Waals surface area contributed by atoms with Crippen LogP contribution in [0.15, 0.2) is 24.4 Å². The molecule has 0 aliphatic heterocycles. The maximum absolute atomic E-state index is 14.9. The Morgan fingerprint density at radius 2 is 1.91 bits per heavy atom. The Labute approximate surface area is 197 Å². The molecule has 34 heavy (non-hydrogen) atoms. The molecule has 0 unspecified atom stereocenters. The van der Waals surface area contributed by atoms with E-state index in [-0.39, 0.29) is 17.6 Å². The number of amides is 2. The summed E-state index contributed by atoms with van der Waals surface area (Å²) >= 11 is 0. The van der Waals surface area contributed by atoms with Gasteiger partial charge >= 0.3 is 0 Å². The van der Waals surface area contributed by atoms with Gasteiger partial charge in [0.15, 0.2) is 0 Å². The number of hydrogen-bond acceptors (Lipinski definition) is 5. The monoisotopic (exact) mass is 467 g/mol. The minimum Gasteiger partial charge on any atom is -0.339 e. The van der Waals surface area contributed by atoms with Crippen molar-refractivity contribution in [3.05, 3.63) is 47.4 Å². The van der Waals surface area contributed by atoms with Crippen molar-refractivity contribution in [2.45, 2.75) is 52.5 Å². The second-order valence-corrected chi connectivity index (χ2v) is 9.14. The number of pyridine rings is 1. The molecule has 180 valence electrons. The molecule has 0 radical (unpaired) electrons. The lowest BCUT2D eigenvalue weighted by molar-refractivity contribution is -0.119. The molecule has 1 aliphatic rings. The Balaban J connectivity index is 1.54. The zero-order valence-electron chi connectivity index (χ0n) is 19.9. The molecule has 0 spiro atoms. The minimum absolute atomic E-state index is 0.0197. The van der Waals surface area contributed by atoms with Gasteiger partial charge in [0.2, 0.25) is 11.9 Å². The van der Waals surface area contributed by atoms with Crippen LogP contribution >= 0.6 is 0 Å². The van der Waals surface area contributed by atoms with E-state index in [1.54, 1.807) is 32.2 Å². The highest BCUT2D eigenvalue weighted by Gasteiger charge is 2.33. The fraction of sp³-hybridized carbons (Fsp3) is 0.458. The number of aryl methyl sites for hydroxylation is 3. The Bertz CT molecular complexity index is 1170. The molecule has 0 bridgehead atoms. The van der Waals surface area contributed by atoms with Crippen LogP contribution in [0.1, 0.15) is 54.5 Å². The number of aromatic nitrogens is 5. The molecule has 3 aromatic heterocycles. The van der Waals surface area contributed by atoms with Gasteiger partial charge in [0.05, 0.1) is 5.69 Å². The molecule has 1 fully saturated rings. The van der Waals surface area contributed by atoms with Crippen LogP contribution in [0.5, 0.6) is 0 Å². The van der Waals surface area contributed by atoms with Crippen molar-refractivity contribution in [1.29, 1.82) is 0 Å². The van der Waals surface area contributed by atoms with Crippen molar-refractivity contribution in [2.24, 2.45) is 18.9 Å². The van der Waals surface area contributed by atoms with Gasteiger partial charge in [-0.05, 0) is 56.7 Å². The quantitative estimate of drug-likeness (QED) is 0.480. The largest absolute Gasteiger partial charge is 0.339 e. The molecule has 1 aliphatic carbocycles. The van der Waals surface area contributed by atoms with Crippen LogP contribution < -0.4 is 10.6 Å². The number of carbonyl (C=O) groups is 2. The molecule has 0 saturated heterocycles. The summed E-state index contributed by atoms with van der Waals surface area (Å²) < 4.78 is 16.3. The zero-order valence-corrected chi connectivity index (χ0v) is 19.9. The van der Waals surface area contributed by atoms with Gasteiger partial charge in [0.1, 0.15) is 17.6 Å². The third-order valence-corrected chi connectivity index (χ3v) is 6.65. The average Bonchev–Trinajstić information content (AvgIpc) is 3.38. The third-order valence-electron chi connectivity index (χ3n) is 6.65. The smallest absolute Gasteiger partial charge is 0.270 e. The van der Waals surface area contributed by atoms with Crippen LogP contribution in [0.2, 0.25) is 0 Å². The van der Waals surface area contributed by atoms with E-state index in [0.29, 0.717) is 28.4 Å². The lowest BCUT2D eigenvalue weighted by Gasteiger charge is -2.32. The second kappa shape index (κ2) is 9.74. The van der Waals surface area contributed by atoms with Gasteiger partial charge in [0, 0.05) is 30.1 Å². The van der Waals surface area contributed by atoms with Gasteiger partial charge in [-0.15, -0.1) is 0 Å². The van der Waals surface area contributed by atoms with Gasteiger partial charge in [-0.2, -0.15) is 14.6 Å². The number of hydrogen-bond donors (Lipinski definition) is 3. The summed E-state index contributed by atoms with van der Waals surface area (Å²) in [7, 11) is 1.67. The van der Waals surface area contributed by atoms with Crippen LogP contribution in [-0.2, 0) is 11.8 Å². The Kier molecular flexibility index (Phi) is 6.76. The molecular formula is C24H30FN7O2. The predicted molar refractivity (Wildman–Crippen MR) is 125 cm³/mol. The molecule has 10 heteroatoms. The topological polar surface area (TPSA) is 118 Å². The molecule has 1 saturated carbocycles. The Morgan fingerprint density at radius 1 is 1.18 bits per heavy atom. The normalized spacial score (nSPS) is 19.0. The number of aromatic amines is 1. The van der Waals surface area contributed by atoms with E-state index in [4.69, 9.17) is 0 Å². The van der Waals surface area contributed by atoms with Crippen LogP contribution in [0.25, 0.3) is 11.1 Å². The summed E-state index contributed by atoms with van der Waals surface area (Å²) in [6.45, 7) is 5.79. The van der Waals surface area contributed by atoms with E-state index in [9.17, 15) is 14.0 Å². The van der Waals surface area contributed by atoms with Gasteiger partial charge in [-0.1, -0.05) is 19.8 Å². The maximum atomic E-state index is 14.9. The van der Waals surface area contributed by atoms with Crippen molar-refractivity contribution in [2.75, 3.05) is 5.32 Å². The first kappa shape index (κ1) is 23.6. The number of nitrogens with one attached hydrogen (secondary N) is 3. The predicted octanol–water partition coefficient (Wildman–Crippen LogP) is 3.52.